The summed E-state index contributed by atoms with van der Waals surface area (Å²) < 4.78 is 23.3. The van der Waals surface area contributed by atoms with Crippen molar-refractivity contribution in [1.29, 1.82) is 0 Å². The van der Waals surface area contributed by atoms with Crippen LogP contribution in [-0.4, -0.2) is 60.2 Å². The van der Waals surface area contributed by atoms with Gasteiger partial charge in [-0.2, -0.15) is 0 Å². The summed E-state index contributed by atoms with van der Waals surface area (Å²) in [5.74, 6) is -0.763. The fraction of sp³-hybridized carbons (Fsp3) is 0.556. The highest BCUT2D eigenvalue weighted by molar-refractivity contribution is 5.82. The maximum Gasteiger partial charge on any atom is 0.411 e. The van der Waals surface area contributed by atoms with Crippen molar-refractivity contribution in [3.05, 3.63) is 35.6 Å². The van der Waals surface area contributed by atoms with Crippen molar-refractivity contribution in [1.82, 2.24) is 9.80 Å². The van der Waals surface area contributed by atoms with E-state index in [1.807, 2.05) is 4.90 Å². The predicted octanol–water partition coefficient (Wildman–Crippen LogP) is 2.42. The Morgan fingerprint density at radius 1 is 1.20 bits per heavy atom. The minimum absolute atomic E-state index is 0.286. The van der Waals surface area contributed by atoms with Crippen LogP contribution < -0.4 is 0 Å². The van der Waals surface area contributed by atoms with Crippen LogP contribution in [0.1, 0.15) is 26.3 Å². The number of benzene rings is 1. The van der Waals surface area contributed by atoms with Crippen molar-refractivity contribution in [3.8, 4) is 0 Å². The van der Waals surface area contributed by atoms with Crippen molar-refractivity contribution < 1.29 is 23.5 Å². The third-order valence-corrected chi connectivity index (χ3v) is 3.89. The number of halogens is 1. The highest BCUT2D eigenvalue weighted by Crippen LogP contribution is 2.18. The number of carbonyl (C=O) groups excluding carboxylic acids is 2. The van der Waals surface area contributed by atoms with E-state index < -0.39 is 23.7 Å². The zero-order chi connectivity index (χ0) is 18.6. The molecule has 1 aromatic rings. The van der Waals surface area contributed by atoms with Crippen LogP contribution in [0.2, 0.25) is 0 Å². The fourth-order valence-electron chi connectivity index (χ4n) is 2.71. The van der Waals surface area contributed by atoms with Crippen molar-refractivity contribution in [3.63, 3.8) is 0 Å². The average molecular weight is 352 g/mol. The van der Waals surface area contributed by atoms with Crippen LogP contribution in [0.4, 0.5) is 9.18 Å². The number of esters is 1. The molecule has 0 saturated carbocycles. The Hall–Kier alpha value is -2.15. The lowest BCUT2D eigenvalue weighted by Gasteiger charge is -2.40. The van der Waals surface area contributed by atoms with Crippen LogP contribution >= 0.6 is 0 Å². The summed E-state index contributed by atoms with van der Waals surface area (Å²) in [5.41, 5.74) is 0.305. The second-order valence-electron chi connectivity index (χ2n) is 7.07. The van der Waals surface area contributed by atoms with Crippen LogP contribution in [0, 0.1) is 5.82 Å². The molecule has 1 saturated heterocycles. The quantitative estimate of drug-likeness (QED) is 0.782. The number of methoxy groups -OCH3 is 1. The molecule has 25 heavy (non-hydrogen) atoms. The topological polar surface area (TPSA) is 59.1 Å². The van der Waals surface area contributed by atoms with Gasteiger partial charge in [-0.15, -0.1) is 0 Å². The van der Waals surface area contributed by atoms with Gasteiger partial charge in [-0.1, -0.05) is 12.1 Å². The van der Waals surface area contributed by atoms with Gasteiger partial charge in [0.05, 0.1) is 7.11 Å². The molecule has 0 N–H and O–H groups in total. The number of amides is 1. The third-order valence-electron chi connectivity index (χ3n) is 3.89. The fourth-order valence-corrected chi connectivity index (χ4v) is 2.71. The number of hydrogen-bond acceptors (Lipinski definition) is 5. The summed E-state index contributed by atoms with van der Waals surface area (Å²) >= 11 is 0. The van der Waals surface area contributed by atoms with E-state index in [9.17, 15) is 14.0 Å². The molecule has 1 aromatic carbocycles. The Morgan fingerprint density at radius 3 is 2.40 bits per heavy atom. The first-order valence-electron chi connectivity index (χ1n) is 8.24. The molecule has 0 aromatic heterocycles. The van der Waals surface area contributed by atoms with E-state index in [0.29, 0.717) is 26.2 Å². The molecule has 1 atom stereocenters. The monoisotopic (exact) mass is 352 g/mol. The van der Waals surface area contributed by atoms with Crippen molar-refractivity contribution >= 4 is 12.1 Å². The molecule has 7 heteroatoms. The van der Waals surface area contributed by atoms with Gasteiger partial charge in [0.1, 0.15) is 17.5 Å². The lowest BCUT2D eigenvalue weighted by Crippen LogP contribution is -2.59. The Balaban J connectivity index is 2.07. The lowest BCUT2D eigenvalue weighted by molar-refractivity contribution is -0.149. The smallest absolute Gasteiger partial charge is 0.411 e. The van der Waals surface area contributed by atoms with E-state index >= 15 is 0 Å². The molecule has 0 bridgehead atoms. The lowest BCUT2D eigenvalue weighted by atomic mass is 10.1. The maximum atomic E-state index is 13.0. The second-order valence-corrected chi connectivity index (χ2v) is 7.07. The number of hydrogen-bond donors (Lipinski definition) is 0. The van der Waals surface area contributed by atoms with Crippen molar-refractivity contribution in [2.45, 2.75) is 39.0 Å². The van der Waals surface area contributed by atoms with Crippen LogP contribution in [-0.2, 0) is 20.8 Å². The van der Waals surface area contributed by atoms with E-state index in [4.69, 9.17) is 9.47 Å². The minimum atomic E-state index is -0.728. The predicted molar refractivity (Wildman–Crippen MR) is 90.4 cm³/mol. The summed E-state index contributed by atoms with van der Waals surface area (Å²) in [6.07, 6.45) is -0.524. The van der Waals surface area contributed by atoms with E-state index in [1.165, 1.54) is 24.1 Å². The van der Waals surface area contributed by atoms with Gasteiger partial charge < -0.3 is 9.47 Å². The van der Waals surface area contributed by atoms with Gasteiger partial charge in [-0.25, -0.2) is 14.0 Å². The molecule has 0 unspecified atom stereocenters. The molecule has 6 nitrogen and oxygen atoms in total. The first-order valence-corrected chi connectivity index (χ1v) is 8.24. The highest BCUT2D eigenvalue weighted by Gasteiger charge is 2.38. The van der Waals surface area contributed by atoms with E-state index in [-0.39, 0.29) is 5.82 Å². The van der Waals surface area contributed by atoms with Gasteiger partial charge in [0.15, 0.2) is 0 Å². The van der Waals surface area contributed by atoms with Crippen LogP contribution in [0.15, 0.2) is 24.3 Å². The van der Waals surface area contributed by atoms with Crippen LogP contribution in [0.3, 0.4) is 0 Å². The van der Waals surface area contributed by atoms with Gasteiger partial charge in [0.25, 0.3) is 0 Å². The molecular weight excluding hydrogens is 327 g/mol. The first kappa shape index (κ1) is 19.2. The van der Waals surface area contributed by atoms with Crippen LogP contribution in [0.25, 0.3) is 0 Å². The molecule has 0 spiro atoms. The normalized spacial score (nSPS) is 18.8. The van der Waals surface area contributed by atoms with E-state index in [1.54, 1.807) is 32.9 Å². The molecule has 1 aliphatic heterocycles. The summed E-state index contributed by atoms with van der Waals surface area (Å²) in [6, 6.07) is 5.51. The number of rotatable bonds is 3. The molecule has 0 aliphatic carbocycles. The largest absolute Gasteiger partial charge is 0.467 e. The minimum Gasteiger partial charge on any atom is -0.467 e. The number of piperazine rings is 1. The maximum absolute atomic E-state index is 13.0. The summed E-state index contributed by atoms with van der Waals surface area (Å²) in [4.78, 5) is 28.0. The number of nitrogens with zero attached hydrogens (tertiary/aromatic N) is 2. The Labute approximate surface area is 147 Å². The Morgan fingerprint density at radius 2 is 1.84 bits per heavy atom. The molecule has 2 rings (SSSR count). The molecule has 1 fully saturated rings. The first-order chi connectivity index (χ1) is 11.7. The van der Waals surface area contributed by atoms with Gasteiger partial charge in [0.2, 0.25) is 0 Å². The number of ether oxygens (including phenoxy) is 2. The summed E-state index contributed by atoms with van der Waals surface area (Å²) in [7, 11) is 1.30. The van der Waals surface area contributed by atoms with Gasteiger partial charge in [0, 0.05) is 26.2 Å². The summed E-state index contributed by atoms with van der Waals surface area (Å²) in [6.45, 7) is 7.19. The standard InChI is InChI=1S/C18H25FN2O4/c1-18(2,3)25-17(23)21-10-9-20(12-15(21)16(22)24-4)11-13-5-7-14(19)8-6-13/h5-8,15H,9-12H2,1-4H3/t15-/m1/s1. The average Bonchev–Trinajstić information content (AvgIpc) is 2.54. The molecule has 1 amide bonds. The van der Waals surface area contributed by atoms with E-state index in [2.05, 4.69) is 0 Å². The molecular formula is C18H25FN2O4. The van der Waals surface area contributed by atoms with Gasteiger partial charge >= 0.3 is 12.1 Å². The molecule has 1 aliphatic rings. The van der Waals surface area contributed by atoms with Gasteiger partial charge in [-0.05, 0) is 38.5 Å². The molecule has 1 heterocycles. The molecule has 0 radical (unpaired) electrons. The number of carbonyl (C=O) groups is 2. The molecule has 138 valence electrons. The summed E-state index contributed by atoms with van der Waals surface area (Å²) in [5, 5.41) is 0. The zero-order valence-electron chi connectivity index (χ0n) is 15.1. The van der Waals surface area contributed by atoms with Crippen molar-refractivity contribution in [2.24, 2.45) is 0 Å². The zero-order valence-corrected chi connectivity index (χ0v) is 15.1. The SMILES string of the molecule is COC(=O)[C@H]1CN(Cc2ccc(F)cc2)CCN1C(=O)OC(C)(C)C. The third kappa shape index (κ3) is 5.42. The Bertz CT molecular complexity index is 612. The van der Waals surface area contributed by atoms with E-state index in [0.717, 1.165) is 5.56 Å². The van der Waals surface area contributed by atoms with Crippen molar-refractivity contribution in [2.75, 3.05) is 26.7 Å². The Kier molecular flexibility index (Phi) is 6.00. The highest BCUT2D eigenvalue weighted by atomic mass is 19.1. The second kappa shape index (κ2) is 7.82. The van der Waals surface area contributed by atoms with Gasteiger partial charge in [-0.3, -0.25) is 9.80 Å². The van der Waals surface area contributed by atoms with Crippen LogP contribution in [0.5, 0.6) is 0 Å².